The Kier molecular flexibility index (Phi) is 3.03. The minimum Gasteiger partial charge on any atom is -0.490 e. The Morgan fingerprint density at radius 2 is 2.06 bits per heavy atom. The molecular weight excluding hydrogens is 227 g/mol. The van der Waals surface area contributed by atoms with Gasteiger partial charge in [-0.15, -0.1) is 0 Å². The van der Waals surface area contributed by atoms with Crippen LogP contribution in [-0.2, 0) is 0 Å². The number of hydrogen-bond acceptors (Lipinski definition) is 5. The number of nitrogen functional groups attached to an aromatic ring is 1. The van der Waals surface area contributed by atoms with Gasteiger partial charge in [0.25, 0.3) is 0 Å². The molecule has 2 N–H and O–H groups in total. The lowest BCUT2D eigenvalue weighted by Crippen LogP contribution is -2.01. The fourth-order valence-electron chi connectivity index (χ4n) is 1.58. The molecule has 0 atom stereocenters. The molecule has 2 aromatic rings. The van der Waals surface area contributed by atoms with Gasteiger partial charge in [0.1, 0.15) is 5.39 Å². The van der Waals surface area contributed by atoms with Crippen LogP contribution < -0.4 is 15.2 Å². The molecule has 17 heavy (non-hydrogen) atoms. The number of rotatable bonds is 4. The van der Waals surface area contributed by atoms with Crippen molar-refractivity contribution in [1.82, 2.24) is 5.16 Å². The van der Waals surface area contributed by atoms with Gasteiger partial charge in [0.2, 0.25) is 0 Å². The minimum absolute atomic E-state index is 0.00139. The Hall–Kier alpha value is -1.98. The monoisotopic (exact) mass is 240 g/mol. The lowest BCUT2D eigenvalue weighted by atomic mass is 10.2. The molecule has 1 heterocycles. The van der Waals surface area contributed by atoms with Crippen molar-refractivity contribution in [3.63, 3.8) is 0 Å². The summed E-state index contributed by atoms with van der Waals surface area (Å²) in [5, 5.41) is 3.63. The van der Waals surface area contributed by atoms with E-state index in [2.05, 4.69) is 5.16 Å². The minimum atomic E-state index is -0.605. The molecule has 0 radical (unpaired) electrons. The highest BCUT2D eigenvalue weighted by Crippen LogP contribution is 2.38. The van der Waals surface area contributed by atoms with E-state index in [1.54, 1.807) is 13.8 Å². The standard InChI is InChI=1S/C11H13FN2O3/c1-3-15-7-5-6-8(11(13)14-17-6)9(12)10(7)16-4-2/h5H,3-4H2,1-2H3,(H2,13,14). The second-order valence-electron chi connectivity index (χ2n) is 3.32. The summed E-state index contributed by atoms with van der Waals surface area (Å²) in [5.41, 5.74) is 5.77. The van der Waals surface area contributed by atoms with Gasteiger partial charge in [0, 0.05) is 6.07 Å². The van der Waals surface area contributed by atoms with Gasteiger partial charge < -0.3 is 19.7 Å². The van der Waals surface area contributed by atoms with Crippen molar-refractivity contribution >= 4 is 16.8 Å². The highest BCUT2D eigenvalue weighted by Gasteiger charge is 2.21. The van der Waals surface area contributed by atoms with Crippen molar-refractivity contribution in [1.29, 1.82) is 0 Å². The molecule has 0 saturated heterocycles. The van der Waals surface area contributed by atoms with Crippen LogP contribution in [0.2, 0.25) is 0 Å². The fraction of sp³-hybridized carbons (Fsp3) is 0.364. The number of ether oxygens (including phenoxy) is 2. The van der Waals surface area contributed by atoms with Crippen LogP contribution in [0.25, 0.3) is 11.0 Å². The Morgan fingerprint density at radius 3 is 2.71 bits per heavy atom. The maximum atomic E-state index is 14.1. The third-order valence-corrected chi connectivity index (χ3v) is 2.24. The molecule has 0 fully saturated rings. The fourth-order valence-corrected chi connectivity index (χ4v) is 1.58. The zero-order valence-electron chi connectivity index (χ0n) is 9.62. The normalized spacial score (nSPS) is 10.8. The number of nitrogens with two attached hydrogens (primary N) is 1. The Morgan fingerprint density at radius 1 is 1.35 bits per heavy atom. The number of halogens is 1. The predicted octanol–water partition coefficient (Wildman–Crippen LogP) is 2.35. The number of aromatic nitrogens is 1. The predicted molar refractivity (Wildman–Crippen MR) is 60.7 cm³/mol. The first-order valence-electron chi connectivity index (χ1n) is 5.32. The third-order valence-electron chi connectivity index (χ3n) is 2.24. The van der Waals surface area contributed by atoms with Gasteiger partial charge in [-0.05, 0) is 13.8 Å². The number of nitrogens with zero attached hydrogens (tertiary/aromatic N) is 1. The van der Waals surface area contributed by atoms with Crippen LogP contribution in [0, 0.1) is 5.82 Å². The van der Waals surface area contributed by atoms with Crippen molar-refractivity contribution in [3.8, 4) is 11.5 Å². The molecule has 0 saturated carbocycles. The summed E-state index contributed by atoms with van der Waals surface area (Å²) in [6.07, 6.45) is 0. The first-order chi connectivity index (χ1) is 8.19. The van der Waals surface area contributed by atoms with E-state index in [1.807, 2.05) is 0 Å². The van der Waals surface area contributed by atoms with Crippen LogP contribution in [0.4, 0.5) is 10.2 Å². The van der Waals surface area contributed by atoms with E-state index < -0.39 is 5.82 Å². The topological polar surface area (TPSA) is 70.5 Å². The van der Waals surface area contributed by atoms with E-state index in [-0.39, 0.29) is 28.3 Å². The van der Waals surface area contributed by atoms with Crippen LogP contribution in [0.15, 0.2) is 10.6 Å². The maximum Gasteiger partial charge on any atom is 0.198 e. The number of fused-ring (bicyclic) bond motifs is 1. The van der Waals surface area contributed by atoms with Crippen molar-refractivity contribution in [3.05, 3.63) is 11.9 Å². The SMILES string of the molecule is CCOc1cc2onc(N)c2c(F)c1OCC. The van der Waals surface area contributed by atoms with Crippen LogP contribution in [0.3, 0.4) is 0 Å². The van der Waals surface area contributed by atoms with Gasteiger partial charge in [-0.1, -0.05) is 5.16 Å². The number of benzene rings is 1. The first-order valence-corrected chi connectivity index (χ1v) is 5.32. The molecule has 0 bridgehead atoms. The molecule has 0 unspecified atom stereocenters. The average Bonchev–Trinajstić information content (AvgIpc) is 2.66. The summed E-state index contributed by atoms with van der Waals surface area (Å²) >= 11 is 0. The molecule has 5 nitrogen and oxygen atoms in total. The number of anilines is 1. The van der Waals surface area contributed by atoms with Gasteiger partial charge >= 0.3 is 0 Å². The van der Waals surface area contributed by atoms with E-state index in [0.717, 1.165) is 0 Å². The van der Waals surface area contributed by atoms with E-state index >= 15 is 0 Å². The molecule has 0 amide bonds. The lowest BCUT2D eigenvalue weighted by molar-refractivity contribution is 0.276. The molecule has 6 heteroatoms. The molecule has 0 spiro atoms. The van der Waals surface area contributed by atoms with Crippen LogP contribution >= 0.6 is 0 Å². The summed E-state index contributed by atoms with van der Waals surface area (Å²) < 4.78 is 29.6. The van der Waals surface area contributed by atoms with Crippen molar-refractivity contribution in [2.45, 2.75) is 13.8 Å². The van der Waals surface area contributed by atoms with E-state index in [9.17, 15) is 4.39 Å². The van der Waals surface area contributed by atoms with E-state index in [1.165, 1.54) is 6.07 Å². The second-order valence-corrected chi connectivity index (χ2v) is 3.32. The average molecular weight is 240 g/mol. The zero-order chi connectivity index (χ0) is 12.4. The molecular formula is C11H13FN2O3. The van der Waals surface area contributed by atoms with Crippen LogP contribution in [0.5, 0.6) is 11.5 Å². The van der Waals surface area contributed by atoms with Crippen molar-refractivity contribution < 1.29 is 18.4 Å². The Bertz CT molecular complexity index is 539. The molecule has 0 aliphatic carbocycles. The summed E-state index contributed by atoms with van der Waals surface area (Å²) in [6.45, 7) is 4.28. The van der Waals surface area contributed by atoms with Crippen LogP contribution in [-0.4, -0.2) is 18.4 Å². The molecule has 1 aromatic carbocycles. The molecule has 0 aliphatic rings. The van der Waals surface area contributed by atoms with Gasteiger partial charge in [-0.2, -0.15) is 0 Å². The molecule has 0 aliphatic heterocycles. The molecule has 2 rings (SSSR count). The summed E-state index contributed by atoms with van der Waals surface area (Å²) in [6, 6.07) is 1.52. The van der Waals surface area contributed by atoms with Gasteiger partial charge in [0.05, 0.1) is 13.2 Å². The Labute approximate surface area is 97.3 Å². The van der Waals surface area contributed by atoms with E-state index in [0.29, 0.717) is 13.2 Å². The molecule has 92 valence electrons. The number of hydrogen-bond donors (Lipinski definition) is 1. The highest BCUT2D eigenvalue weighted by molar-refractivity contribution is 5.90. The quantitative estimate of drug-likeness (QED) is 0.888. The van der Waals surface area contributed by atoms with Gasteiger partial charge in [0.15, 0.2) is 28.7 Å². The van der Waals surface area contributed by atoms with E-state index in [4.69, 9.17) is 19.7 Å². The van der Waals surface area contributed by atoms with Gasteiger partial charge in [-0.3, -0.25) is 0 Å². The zero-order valence-corrected chi connectivity index (χ0v) is 9.62. The largest absolute Gasteiger partial charge is 0.490 e. The lowest BCUT2D eigenvalue weighted by Gasteiger charge is -2.11. The summed E-state index contributed by atoms with van der Waals surface area (Å²) in [5.74, 6) is -0.277. The highest BCUT2D eigenvalue weighted by atomic mass is 19.1. The van der Waals surface area contributed by atoms with Crippen molar-refractivity contribution in [2.24, 2.45) is 0 Å². The van der Waals surface area contributed by atoms with Crippen LogP contribution in [0.1, 0.15) is 13.8 Å². The molecule has 1 aromatic heterocycles. The van der Waals surface area contributed by atoms with Crippen molar-refractivity contribution in [2.75, 3.05) is 18.9 Å². The second kappa shape index (κ2) is 4.48. The summed E-state index contributed by atoms with van der Waals surface area (Å²) in [4.78, 5) is 0. The first kappa shape index (κ1) is 11.5. The third kappa shape index (κ3) is 1.86. The Balaban J connectivity index is 2.67. The summed E-state index contributed by atoms with van der Waals surface area (Å²) in [7, 11) is 0. The maximum absolute atomic E-state index is 14.1. The van der Waals surface area contributed by atoms with Gasteiger partial charge in [-0.25, -0.2) is 4.39 Å². The smallest absolute Gasteiger partial charge is 0.198 e.